The third kappa shape index (κ3) is 1.69. The topological polar surface area (TPSA) is 58.6 Å². The first-order valence-corrected chi connectivity index (χ1v) is 4.23. The number of nitrogens with zero attached hydrogens (tertiary/aromatic N) is 2. The average molecular weight is 187 g/mol. The Hall–Kier alpha value is -1.97. The van der Waals surface area contributed by atoms with Crippen LogP contribution in [0.15, 0.2) is 35.5 Å². The van der Waals surface area contributed by atoms with Crippen molar-refractivity contribution in [2.24, 2.45) is 0 Å². The number of hydrogen-bond donors (Lipinski definition) is 1. The number of hydrogen-bond acceptors (Lipinski definition) is 3. The predicted octanol–water partition coefficient (Wildman–Crippen LogP) is 1.14. The van der Waals surface area contributed by atoms with Crippen LogP contribution in [0.2, 0.25) is 0 Å². The maximum absolute atomic E-state index is 11.0. The van der Waals surface area contributed by atoms with Gasteiger partial charge in [-0.15, -0.1) is 0 Å². The zero-order chi connectivity index (χ0) is 9.97. The fraction of sp³-hybridized carbons (Fsp3) is 0.100. The van der Waals surface area contributed by atoms with E-state index in [9.17, 15) is 4.79 Å². The Morgan fingerprint density at radius 1 is 1.21 bits per heavy atom. The number of nitrogens with one attached hydrogen (secondary N) is 1. The highest BCUT2D eigenvalue weighted by molar-refractivity contribution is 5.52. The molecule has 0 fully saturated rings. The van der Waals surface area contributed by atoms with Gasteiger partial charge in [-0.2, -0.15) is 0 Å². The molecule has 14 heavy (non-hydrogen) atoms. The van der Waals surface area contributed by atoms with E-state index in [1.54, 1.807) is 12.4 Å². The van der Waals surface area contributed by atoms with Crippen LogP contribution in [-0.4, -0.2) is 15.0 Å². The van der Waals surface area contributed by atoms with Crippen molar-refractivity contribution < 1.29 is 0 Å². The smallest absolute Gasteiger partial charge is 0.266 e. The molecule has 0 atom stereocenters. The van der Waals surface area contributed by atoms with Crippen LogP contribution in [0, 0.1) is 6.92 Å². The Kier molecular flexibility index (Phi) is 2.10. The number of aromatic nitrogens is 3. The number of H-pyrrole nitrogens is 1. The van der Waals surface area contributed by atoms with Gasteiger partial charge < -0.3 is 4.98 Å². The molecule has 4 nitrogen and oxygen atoms in total. The van der Waals surface area contributed by atoms with Gasteiger partial charge in [0.2, 0.25) is 0 Å². The normalized spacial score (nSPS) is 10.1. The zero-order valence-corrected chi connectivity index (χ0v) is 7.69. The van der Waals surface area contributed by atoms with E-state index < -0.39 is 0 Å². The molecule has 0 aliphatic heterocycles. The quantitative estimate of drug-likeness (QED) is 0.728. The van der Waals surface area contributed by atoms with Gasteiger partial charge in [-0.1, -0.05) is 6.07 Å². The van der Waals surface area contributed by atoms with E-state index >= 15 is 0 Å². The Morgan fingerprint density at radius 3 is 2.71 bits per heavy atom. The highest BCUT2D eigenvalue weighted by Gasteiger charge is 1.98. The van der Waals surface area contributed by atoms with E-state index in [0.29, 0.717) is 5.69 Å². The van der Waals surface area contributed by atoms with Crippen molar-refractivity contribution in [3.8, 4) is 11.4 Å². The van der Waals surface area contributed by atoms with Crippen LogP contribution in [0.4, 0.5) is 0 Å². The first-order valence-electron chi connectivity index (χ1n) is 4.23. The van der Waals surface area contributed by atoms with Gasteiger partial charge in [0, 0.05) is 6.20 Å². The lowest BCUT2D eigenvalue weighted by atomic mass is 10.2. The van der Waals surface area contributed by atoms with Gasteiger partial charge in [0.15, 0.2) is 0 Å². The van der Waals surface area contributed by atoms with Gasteiger partial charge in [-0.25, -0.2) is 0 Å². The highest BCUT2D eigenvalue weighted by Crippen LogP contribution is 2.10. The summed E-state index contributed by atoms with van der Waals surface area (Å²) in [6.07, 6.45) is 4.57. The molecule has 0 aliphatic rings. The summed E-state index contributed by atoms with van der Waals surface area (Å²) in [5.74, 6) is 0. The molecule has 0 bridgehead atoms. The maximum atomic E-state index is 11.0. The lowest BCUT2D eigenvalue weighted by Gasteiger charge is -1.99. The van der Waals surface area contributed by atoms with Gasteiger partial charge in [-0.05, 0) is 18.6 Å². The van der Waals surface area contributed by atoms with Crippen LogP contribution in [0.25, 0.3) is 11.4 Å². The molecule has 0 amide bonds. The molecule has 0 unspecified atom stereocenters. The SMILES string of the molecule is Cc1ccc(-c2cncc(=O)[nH]2)nc1. The average Bonchev–Trinajstić information content (AvgIpc) is 2.19. The van der Waals surface area contributed by atoms with Gasteiger partial charge in [0.05, 0.1) is 23.8 Å². The van der Waals surface area contributed by atoms with Gasteiger partial charge >= 0.3 is 0 Å². The highest BCUT2D eigenvalue weighted by atomic mass is 16.1. The molecule has 0 aliphatic carbocycles. The molecule has 2 rings (SSSR count). The van der Waals surface area contributed by atoms with E-state index in [4.69, 9.17) is 0 Å². The van der Waals surface area contributed by atoms with Crippen LogP contribution >= 0.6 is 0 Å². The van der Waals surface area contributed by atoms with E-state index in [2.05, 4.69) is 15.0 Å². The second kappa shape index (κ2) is 3.41. The third-order valence-corrected chi connectivity index (χ3v) is 1.84. The summed E-state index contributed by atoms with van der Waals surface area (Å²) in [5.41, 5.74) is 2.23. The van der Waals surface area contributed by atoms with Crippen molar-refractivity contribution in [1.29, 1.82) is 0 Å². The molecule has 0 radical (unpaired) electrons. The molecule has 0 saturated carbocycles. The Bertz CT molecular complexity index is 487. The monoisotopic (exact) mass is 187 g/mol. The summed E-state index contributed by atoms with van der Waals surface area (Å²) < 4.78 is 0. The number of rotatable bonds is 1. The van der Waals surface area contributed by atoms with Crippen LogP contribution in [0.5, 0.6) is 0 Å². The molecular formula is C10H9N3O. The van der Waals surface area contributed by atoms with Crippen LogP contribution in [0.3, 0.4) is 0 Å². The fourth-order valence-corrected chi connectivity index (χ4v) is 1.13. The largest absolute Gasteiger partial charge is 0.318 e. The summed E-state index contributed by atoms with van der Waals surface area (Å²) in [6.45, 7) is 1.96. The zero-order valence-electron chi connectivity index (χ0n) is 7.69. The van der Waals surface area contributed by atoms with Crippen molar-refractivity contribution in [3.05, 3.63) is 46.6 Å². The molecule has 1 N–H and O–H groups in total. The molecular weight excluding hydrogens is 178 g/mol. The second-order valence-corrected chi connectivity index (χ2v) is 3.03. The van der Waals surface area contributed by atoms with E-state index in [-0.39, 0.29) is 5.56 Å². The number of aromatic amines is 1. The number of pyridine rings is 1. The van der Waals surface area contributed by atoms with Crippen molar-refractivity contribution >= 4 is 0 Å². The van der Waals surface area contributed by atoms with Crippen molar-refractivity contribution in [2.75, 3.05) is 0 Å². The van der Waals surface area contributed by atoms with Gasteiger partial charge in [-0.3, -0.25) is 14.8 Å². The third-order valence-electron chi connectivity index (χ3n) is 1.84. The van der Waals surface area contributed by atoms with Crippen molar-refractivity contribution in [1.82, 2.24) is 15.0 Å². The first kappa shape index (κ1) is 8.62. The summed E-state index contributed by atoms with van der Waals surface area (Å²) in [7, 11) is 0. The molecule has 70 valence electrons. The second-order valence-electron chi connectivity index (χ2n) is 3.03. The number of aryl methyl sites for hydroxylation is 1. The lowest BCUT2D eigenvalue weighted by molar-refractivity contribution is 1.12. The molecule has 4 heteroatoms. The molecule has 2 heterocycles. The summed E-state index contributed by atoms with van der Waals surface area (Å²) in [6, 6.07) is 3.79. The van der Waals surface area contributed by atoms with E-state index in [1.165, 1.54) is 6.20 Å². The molecule has 0 saturated heterocycles. The van der Waals surface area contributed by atoms with Crippen LogP contribution in [0.1, 0.15) is 5.56 Å². The molecule has 2 aromatic heterocycles. The Labute approximate surface area is 80.7 Å². The molecule has 2 aromatic rings. The van der Waals surface area contributed by atoms with Gasteiger partial charge in [0.25, 0.3) is 5.56 Å². The Balaban J connectivity index is 2.50. The van der Waals surface area contributed by atoms with Crippen LogP contribution < -0.4 is 5.56 Å². The first-order chi connectivity index (χ1) is 6.75. The minimum atomic E-state index is -0.218. The summed E-state index contributed by atoms with van der Waals surface area (Å²) in [5, 5.41) is 0. The lowest BCUT2D eigenvalue weighted by Crippen LogP contribution is -2.06. The summed E-state index contributed by atoms with van der Waals surface area (Å²) in [4.78, 5) is 21.6. The van der Waals surface area contributed by atoms with E-state index in [1.807, 2.05) is 19.1 Å². The van der Waals surface area contributed by atoms with E-state index in [0.717, 1.165) is 11.3 Å². The maximum Gasteiger partial charge on any atom is 0.266 e. The minimum absolute atomic E-state index is 0.218. The van der Waals surface area contributed by atoms with Gasteiger partial charge in [0.1, 0.15) is 0 Å². The van der Waals surface area contributed by atoms with Crippen molar-refractivity contribution in [2.45, 2.75) is 6.92 Å². The van der Waals surface area contributed by atoms with Crippen molar-refractivity contribution in [3.63, 3.8) is 0 Å². The predicted molar refractivity (Wildman–Crippen MR) is 52.8 cm³/mol. The summed E-state index contributed by atoms with van der Waals surface area (Å²) >= 11 is 0. The van der Waals surface area contributed by atoms with Crippen LogP contribution in [-0.2, 0) is 0 Å². The minimum Gasteiger partial charge on any atom is -0.318 e. The standard InChI is InChI=1S/C10H9N3O/c1-7-2-3-8(12-4-7)9-5-11-6-10(14)13-9/h2-6H,1H3,(H,13,14). The molecule has 0 spiro atoms. The Morgan fingerprint density at radius 2 is 2.07 bits per heavy atom. The fourth-order valence-electron chi connectivity index (χ4n) is 1.13. The molecule has 0 aromatic carbocycles.